The molecule has 2 rings (SSSR count). The van der Waals surface area contributed by atoms with Crippen molar-refractivity contribution in [3.63, 3.8) is 0 Å². The number of ether oxygens (including phenoxy) is 1. The molecule has 2 aromatic rings. The van der Waals surface area contributed by atoms with Gasteiger partial charge in [0.05, 0.1) is 0 Å². The molecular formula is C19H25NO. The molecule has 0 saturated carbocycles. The van der Waals surface area contributed by atoms with Gasteiger partial charge in [0.2, 0.25) is 0 Å². The molecule has 0 spiro atoms. The minimum atomic E-state index is 0.173. The van der Waals surface area contributed by atoms with Crippen molar-refractivity contribution in [1.29, 1.82) is 0 Å². The quantitative estimate of drug-likeness (QED) is 0.844. The highest BCUT2D eigenvalue weighted by Crippen LogP contribution is 2.27. The fourth-order valence-corrected chi connectivity index (χ4v) is 2.10. The summed E-state index contributed by atoms with van der Waals surface area (Å²) in [5, 5.41) is 3.31. The summed E-state index contributed by atoms with van der Waals surface area (Å²) in [4.78, 5) is 0. The van der Waals surface area contributed by atoms with Gasteiger partial charge >= 0.3 is 0 Å². The Hall–Kier alpha value is -1.80. The summed E-state index contributed by atoms with van der Waals surface area (Å²) in [5.41, 5.74) is 2.76. The van der Waals surface area contributed by atoms with Crippen LogP contribution in [0, 0.1) is 0 Å². The average Bonchev–Trinajstić information content (AvgIpc) is 2.46. The molecule has 0 heterocycles. The molecule has 0 unspecified atom stereocenters. The minimum Gasteiger partial charge on any atom is -0.457 e. The largest absolute Gasteiger partial charge is 0.457 e. The maximum absolute atomic E-state index is 5.89. The van der Waals surface area contributed by atoms with E-state index < -0.39 is 0 Å². The van der Waals surface area contributed by atoms with Crippen molar-refractivity contribution in [1.82, 2.24) is 5.32 Å². The Balaban J connectivity index is 2.01. The number of rotatable bonds is 5. The smallest absolute Gasteiger partial charge is 0.127 e. The second-order valence-electron chi connectivity index (χ2n) is 6.30. The summed E-state index contributed by atoms with van der Waals surface area (Å²) >= 11 is 0. The van der Waals surface area contributed by atoms with Crippen molar-refractivity contribution >= 4 is 0 Å². The zero-order chi connectivity index (χ0) is 15.3. The predicted molar refractivity (Wildman–Crippen MR) is 89.0 cm³/mol. The fraction of sp³-hybridized carbons (Fsp3) is 0.368. The molecule has 1 N–H and O–H groups in total. The average molecular weight is 283 g/mol. The Labute approximate surface area is 128 Å². The van der Waals surface area contributed by atoms with Crippen molar-refractivity contribution in [2.24, 2.45) is 0 Å². The van der Waals surface area contributed by atoms with E-state index >= 15 is 0 Å². The van der Waals surface area contributed by atoms with E-state index in [1.54, 1.807) is 0 Å². The normalized spacial score (nSPS) is 11.4. The van der Waals surface area contributed by atoms with E-state index in [2.05, 4.69) is 57.3 Å². The van der Waals surface area contributed by atoms with Gasteiger partial charge in [0.15, 0.2) is 0 Å². The van der Waals surface area contributed by atoms with Crippen LogP contribution in [-0.4, -0.2) is 6.54 Å². The van der Waals surface area contributed by atoms with Crippen molar-refractivity contribution in [3.8, 4) is 11.5 Å². The van der Waals surface area contributed by atoms with Gasteiger partial charge in [-0.1, -0.05) is 52.0 Å². The Kier molecular flexibility index (Phi) is 5.03. The van der Waals surface area contributed by atoms with Crippen LogP contribution in [0.1, 0.15) is 38.8 Å². The van der Waals surface area contributed by atoms with Gasteiger partial charge in [-0.05, 0) is 47.4 Å². The Morgan fingerprint density at radius 1 is 0.857 bits per heavy atom. The Morgan fingerprint density at radius 2 is 1.38 bits per heavy atom. The first-order valence-electron chi connectivity index (χ1n) is 7.57. The van der Waals surface area contributed by atoms with Gasteiger partial charge in [0.25, 0.3) is 0 Å². The van der Waals surface area contributed by atoms with E-state index in [4.69, 9.17) is 4.74 Å². The van der Waals surface area contributed by atoms with Gasteiger partial charge in [-0.2, -0.15) is 0 Å². The molecule has 2 nitrogen and oxygen atoms in total. The molecule has 0 atom stereocenters. The summed E-state index contributed by atoms with van der Waals surface area (Å²) in [6.45, 7) is 10.6. The minimum absolute atomic E-state index is 0.173. The third kappa shape index (κ3) is 4.61. The van der Waals surface area contributed by atoms with Crippen LogP contribution in [0.15, 0.2) is 48.5 Å². The highest BCUT2D eigenvalue weighted by molar-refractivity contribution is 5.36. The first-order valence-corrected chi connectivity index (χ1v) is 7.57. The highest BCUT2D eigenvalue weighted by Gasteiger charge is 2.13. The van der Waals surface area contributed by atoms with E-state index in [0.717, 1.165) is 24.6 Å². The van der Waals surface area contributed by atoms with Gasteiger partial charge in [-0.15, -0.1) is 0 Å². The fourth-order valence-electron chi connectivity index (χ4n) is 2.10. The summed E-state index contributed by atoms with van der Waals surface area (Å²) in [6, 6.07) is 16.6. The second-order valence-corrected chi connectivity index (χ2v) is 6.30. The van der Waals surface area contributed by atoms with Crippen LogP contribution in [0.5, 0.6) is 11.5 Å². The zero-order valence-electron chi connectivity index (χ0n) is 13.4. The van der Waals surface area contributed by atoms with E-state index in [9.17, 15) is 0 Å². The molecule has 0 bridgehead atoms. The van der Waals surface area contributed by atoms with Crippen molar-refractivity contribution in [2.45, 2.75) is 39.7 Å². The van der Waals surface area contributed by atoms with Crippen LogP contribution in [-0.2, 0) is 12.0 Å². The number of nitrogens with one attached hydrogen (secondary N) is 1. The van der Waals surface area contributed by atoms with Crippen molar-refractivity contribution in [2.75, 3.05) is 6.54 Å². The Morgan fingerprint density at radius 3 is 1.86 bits per heavy atom. The molecule has 2 aromatic carbocycles. The Bertz CT molecular complexity index is 550. The molecule has 0 saturated heterocycles. The molecular weight excluding hydrogens is 258 g/mol. The molecule has 0 aliphatic heterocycles. The van der Waals surface area contributed by atoms with Crippen LogP contribution in [0.25, 0.3) is 0 Å². The van der Waals surface area contributed by atoms with Crippen LogP contribution in [0.4, 0.5) is 0 Å². The first kappa shape index (κ1) is 15.6. The van der Waals surface area contributed by atoms with Gasteiger partial charge in [0.1, 0.15) is 11.5 Å². The summed E-state index contributed by atoms with van der Waals surface area (Å²) in [7, 11) is 0. The standard InChI is InChI=1S/C19H25NO/c1-5-20-14-15-6-10-17(11-7-15)21-18-12-8-16(9-13-18)19(2,3)4/h6-13,20H,5,14H2,1-4H3. The SMILES string of the molecule is CCNCc1ccc(Oc2ccc(C(C)(C)C)cc2)cc1. The van der Waals surface area contributed by atoms with Gasteiger partial charge in [-0.3, -0.25) is 0 Å². The van der Waals surface area contributed by atoms with Crippen LogP contribution < -0.4 is 10.1 Å². The molecule has 21 heavy (non-hydrogen) atoms. The molecule has 2 heteroatoms. The summed E-state index contributed by atoms with van der Waals surface area (Å²) in [6.07, 6.45) is 0. The van der Waals surface area contributed by atoms with Crippen LogP contribution >= 0.6 is 0 Å². The lowest BCUT2D eigenvalue weighted by Gasteiger charge is -2.19. The molecule has 0 fully saturated rings. The summed E-state index contributed by atoms with van der Waals surface area (Å²) < 4.78 is 5.89. The van der Waals surface area contributed by atoms with Gasteiger partial charge in [0, 0.05) is 6.54 Å². The van der Waals surface area contributed by atoms with Crippen LogP contribution in [0.3, 0.4) is 0 Å². The lowest BCUT2D eigenvalue weighted by atomic mass is 9.87. The lowest BCUT2D eigenvalue weighted by molar-refractivity contribution is 0.481. The first-order chi connectivity index (χ1) is 9.99. The maximum Gasteiger partial charge on any atom is 0.127 e. The third-order valence-corrected chi connectivity index (χ3v) is 3.46. The molecule has 0 amide bonds. The predicted octanol–water partition coefficient (Wildman–Crippen LogP) is 4.89. The molecule has 0 aliphatic rings. The van der Waals surface area contributed by atoms with E-state index in [1.165, 1.54) is 11.1 Å². The second kappa shape index (κ2) is 6.77. The monoisotopic (exact) mass is 283 g/mol. The molecule has 0 aliphatic carbocycles. The maximum atomic E-state index is 5.89. The van der Waals surface area contributed by atoms with Gasteiger partial charge < -0.3 is 10.1 Å². The zero-order valence-corrected chi connectivity index (χ0v) is 13.4. The van der Waals surface area contributed by atoms with Crippen molar-refractivity contribution in [3.05, 3.63) is 59.7 Å². The van der Waals surface area contributed by atoms with Crippen LogP contribution in [0.2, 0.25) is 0 Å². The highest BCUT2D eigenvalue weighted by atomic mass is 16.5. The number of benzene rings is 2. The van der Waals surface area contributed by atoms with E-state index in [1.807, 2.05) is 24.3 Å². The molecule has 0 aromatic heterocycles. The van der Waals surface area contributed by atoms with Crippen molar-refractivity contribution < 1.29 is 4.74 Å². The van der Waals surface area contributed by atoms with E-state index in [0.29, 0.717) is 0 Å². The summed E-state index contributed by atoms with van der Waals surface area (Å²) in [5.74, 6) is 1.75. The molecule has 0 radical (unpaired) electrons. The third-order valence-electron chi connectivity index (χ3n) is 3.46. The van der Waals surface area contributed by atoms with E-state index in [-0.39, 0.29) is 5.41 Å². The van der Waals surface area contributed by atoms with Gasteiger partial charge in [-0.25, -0.2) is 0 Å². The molecule has 112 valence electrons. The number of hydrogen-bond acceptors (Lipinski definition) is 2. The topological polar surface area (TPSA) is 21.3 Å². The number of hydrogen-bond donors (Lipinski definition) is 1. The lowest BCUT2D eigenvalue weighted by Crippen LogP contribution is -2.11.